The van der Waals surface area contributed by atoms with E-state index < -0.39 is 0 Å². The quantitative estimate of drug-likeness (QED) is 0.349. The Hall–Kier alpha value is -2.59. The molecule has 152 valence electrons. The van der Waals surface area contributed by atoms with Crippen LogP contribution in [-0.2, 0) is 6.42 Å². The molecule has 2 aromatic carbocycles. The number of rotatable bonds is 10. The second-order valence-electron chi connectivity index (χ2n) is 7.96. The Labute approximate surface area is 174 Å². The molecule has 29 heavy (non-hydrogen) atoms. The third-order valence-electron chi connectivity index (χ3n) is 5.74. The molecule has 2 N–H and O–H groups in total. The fourth-order valence-electron chi connectivity index (χ4n) is 4.36. The molecule has 1 aromatic heterocycles. The predicted octanol–water partition coefficient (Wildman–Crippen LogP) is 5.57. The van der Waals surface area contributed by atoms with E-state index in [0.29, 0.717) is 0 Å². The highest BCUT2D eigenvalue weighted by Crippen LogP contribution is 2.39. The van der Waals surface area contributed by atoms with Crippen molar-refractivity contribution in [2.75, 3.05) is 31.5 Å². The molecule has 0 unspecified atom stereocenters. The molecule has 1 heterocycles. The Bertz CT molecular complexity index is 920. The summed E-state index contributed by atoms with van der Waals surface area (Å²) in [7, 11) is 0. The Morgan fingerprint density at radius 3 is 2.48 bits per heavy atom. The fraction of sp³-hybridized carbons (Fsp3) is 0.400. The Morgan fingerprint density at radius 1 is 0.966 bits per heavy atom. The zero-order valence-electron chi connectivity index (χ0n) is 17.7. The number of nitrogens with one attached hydrogen (secondary N) is 2. The minimum Gasteiger partial charge on any atom is -0.385 e. The smallest absolute Gasteiger partial charge is 0.0962 e. The van der Waals surface area contributed by atoms with Gasteiger partial charge in [-0.2, -0.15) is 5.10 Å². The summed E-state index contributed by atoms with van der Waals surface area (Å²) in [5, 5.41) is 11.4. The lowest BCUT2D eigenvalue weighted by atomic mass is 10.1. The molecule has 1 aliphatic carbocycles. The van der Waals surface area contributed by atoms with Gasteiger partial charge in [0.25, 0.3) is 0 Å². The standard InChI is InChI=1S/C25H32N4/c1-3-15-29(16-4-2)17-7-14-26-21-12-10-19(11-13-21)24-23-18-20-8-5-6-9-22(20)25(23)28-27-24/h5-6,8-13,26H,3-4,7,14-18H2,1-2H3,(H,27,28). The highest BCUT2D eigenvalue weighted by molar-refractivity contribution is 5.81. The van der Waals surface area contributed by atoms with Gasteiger partial charge in [0.05, 0.1) is 11.4 Å². The van der Waals surface area contributed by atoms with Crippen molar-refractivity contribution < 1.29 is 0 Å². The zero-order valence-corrected chi connectivity index (χ0v) is 17.7. The van der Waals surface area contributed by atoms with Gasteiger partial charge in [0.1, 0.15) is 0 Å². The van der Waals surface area contributed by atoms with E-state index in [1.54, 1.807) is 0 Å². The van der Waals surface area contributed by atoms with Gasteiger partial charge in [-0.05, 0) is 56.6 Å². The van der Waals surface area contributed by atoms with E-state index in [0.717, 1.165) is 18.7 Å². The first kappa shape index (κ1) is 19.7. The van der Waals surface area contributed by atoms with Gasteiger partial charge in [0, 0.05) is 35.3 Å². The molecule has 4 rings (SSSR count). The summed E-state index contributed by atoms with van der Waals surface area (Å²) in [5.41, 5.74) is 8.62. The third-order valence-corrected chi connectivity index (χ3v) is 5.74. The lowest BCUT2D eigenvalue weighted by molar-refractivity contribution is 0.274. The summed E-state index contributed by atoms with van der Waals surface area (Å²) in [4.78, 5) is 2.57. The Kier molecular flexibility index (Phi) is 6.30. The van der Waals surface area contributed by atoms with Crippen LogP contribution < -0.4 is 5.32 Å². The molecule has 0 fully saturated rings. The number of aromatic amines is 1. The van der Waals surface area contributed by atoms with Gasteiger partial charge in [-0.3, -0.25) is 5.10 Å². The Balaban J connectivity index is 1.34. The SMILES string of the molecule is CCCN(CCC)CCCNc1ccc(-c2n[nH]c3c2Cc2ccccc2-3)cc1. The topological polar surface area (TPSA) is 44.0 Å². The highest BCUT2D eigenvalue weighted by atomic mass is 15.1. The van der Waals surface area contributed by atoms with Crippen LogP contribution in [0.5, 0.6) is 0 Å². The first-order chi connectivity index (χ1) is 14.3. The van der Waals surface area contributed by atoms with E-state index in [1.165, 1.54) is 72.5 Å². The van der Waals surface area contributed by atoms with E-state index in [1.807, 2.05) is 0 Å². The molecule has 0 aliphatic heterocycles. The maximum Gasteiger partial charge on any atom is 0.0962 e. The lowest BCUT2D eigenvalue weighted by Crippen LogP contribution is -2.27. The van der Waals surface area contributed by atoms with Gasteiger partial charge in [-0.15, -0.1) is 0 Å². The zero-order chi connectivity index (χ0) is 20.1. The maximum absolute atomic E-state index is 4.62. The van der Waals surface area contributed by atoms with Gasteiger partial charge >= 0.3 is 0 Å². The first-order valence-electron chi connectivity index (χ1n) is 11.0. The van der Waals surface area contributed by atoms with Crippen LogP contribution in [0.1, 0.15) is 44.2 Å². The summed E-state index contributed by atoms with van der Waals surface area (Å²) in [5.74, 6) is 0. The minimum atomic E-state index is 0.962. The number of benzene rings is 2. The molecular weight excluding hydrogens is 356 g/mol. The van der Waals surface area contributed by atoms with E-state index in [2.05, 4.69) is 82.8 Å². The van der Waals surface area contributed by atoms with Gasteiger partial charge in [-0.25, -0.2) is 0 Å². The largest absolute Gasteiger partial charge is 0.385 e. The molecule has 4 nitrogen and oxygen atoms in total. The minimum absolute atomic E-state index is 0.962. The number of nitrogens with zero attached hydrogens (tertiary/aromatic N) is 2. The first-order valence-corrected chi connectivity index (χ1v) is 11.0. The van der Waals surface area contributed by atoms with Crippen LogP contribution in [-0.4, -0.2) is 41.3 Å². The second kappa shape index (κ2) is 9.27. The maximum atomic E-state index is 4.62. The average molecular weight is 389 g/mol. The van der Waals surface area contributed by atoms with Crippen LogP contribution in [0.2, 0.25) is 0 Å². The van der Waals surface area contributed by atoms with Crippen molar-refractivity contribution >= 4 is 5.69 Å². The van der Waals surface area contributed by atoms with Crippen molar-refractivity contribution in [1.29, 1.82) is 0 Å². The molecule has 4 heteroatoms. The predicted molar refractivity (Wildman–Crippen MR) is 122 cm³/mol. The van der Waals surface area contributed by atoms with Crippen molar-refractivity contribution in [2.24, 2.45) is 0 Å². The summed E-state index contributed by atoms with van der Waals surface area (Å²) < 4.78 is 0. The van der Waals surface area contributed by atoms with Crippen molar-refractivity contribution in [3.05, 3.63) is 59.7 Å². The van der Waals surface area contributed by atoms with Crippen LogP contribution in [0, 0.1) is 0 Å². The highest BCUT2D eigenvalue weighted by Gasteiger charge is 2.24. The normalized spacial score (nSPS) is 12.2. The number of H-pyrrole nitrogens is 1. The summed E-state index contributed by atoms with van der Waals surface area (Å²) in [6, 6.07) is 17.3. The van der Waals surface area contributed by atoms with Crippen LogP contribution in [0.4, 0.5) is 5.69 Å². The molecule has 0 amide bonds. The number of hydrogen-bond donors (Lipinski definition) is 2. The molecule has 0 radical (unpaired) electrons. The summed E-state index contributed by atoms with van der Waals surface area (Å²) in [6.45, 7) is 9.12. The van der Waals surface area contributed by atoms with Crippen molar-refractivity contribution in [1.82, 2.24) is 15.1 Å². The molecule has 0 bridgehead atoms. The second-order valence-corrected chi connectivity index (χ2v) is 7.96. The van der Waals surface area contributed by atoms with Crippen molar-refractivity contribution in [3.8, 4) is 22.5 Å². The molecule has 3 aromatic rings. The van der Waals surface area contributed by atoms with Crippen molar-refractivity contribution in [3.63, 3.8) is 0 Å². The lowest BCUT2D eigenvalue weighted by Gasteiger charge is -2.20. The van der Waals surface area contributed by atoms with Crippen molar-refractivity contribution in [2.45, 2.75) is 39.5 Å². The van der Waals surface area contributed by atoms with Gasteiger partial charge in [0.15, 0.2) is 0 Å². The molecule has 1 aliphatic rings. The number of anilines is 1. The molecule has 0 saturated carbocycles. The molecule has 0 atom stereocenters. The van der Waals surface area contributed by atoms with Gasteiger partial charge < -0.3 is 10.2 Å². The van der Waals surface area contributed by atoms with Crippen LogP contribution in [0.3, 0.4) is 0 Å². The Morgan fingerprint density at radius 2 is 1.72 bits per heavy atom. The monoisotopic (exact) mass is 388 g/mol. The number of hydrogen-bond acceptors (Lipinski definition) is 3. The molecule has 0 spiro atoms. The van der Waals surface area contributed by atoms with E-state index in [4.69, 9.17) is 0 Å². The van der Waals surface area contributed by atoms with Crippen LogP contribution in [0.25, 0.3) is 22.5 Å². The molecular formula is C25H32N4. The summed E-state index contributed by atoms with van der Waals surface area (Å²) >= 11 is 0. The van der Waals surface area contributed by atoms with E-state index in [-0.39, 0.29) is 0 Å². The van der Waals surface area contributed by atoms with Crippen LogP contribution >= 0.6 is 0 Å². The number of aromatic nitrogens is 2. The van der Waals surface area contributed by atoms with Gasteiger partial charge in [-0.1, -0.05) is 50.2 Å². The molecule has 0 saturated heterocycles. The average Bonchev–Trinajstić information content (AvgIpc) is 3.31. The van der Waals surface area contributed by atoms with Gasteiger partial charge in [0.2, 0.25) is 0 Å². The van der Waals surface area contributed by atoms with E-state index >= 15 is 0 Å². The fourth-order valence-corrected chi connectivity index (χ4v) is 4.36. The number of fused-ring (bicyclic) bond motifs is 3. The van der Waals surface area contributed by atoms with E-state index in [9.17, 15) is 0 Å². The summed E-state index contributed by atoms with van der Waals surface area (Å²) in [6.07, 6.45) is 4.60. The third kappa shape index (κ3) is 4.38. The van der Waals surface area contributed by atoms with Crippen LogP contribution in [0.15, 0.2) is 48.5 Å².